The van der Waals surface area contributed by atoms with Gasteiger partial charge >= 0.3 is 0 Å². The van der Waals surface area contributed by atoms with E-state index in [1.807, 2.05) is 0 Å². The molecule has 0 aliphatic carbocycles. The Morgan fingerprint density at radius 1 is 1.91 bits per heavy atom. The monoisotopic (exact) mass is 156 g/mol. The first-order valence-corrected chi connectivity index (χ1v) is 3.33. The fraction of sp³-hybridized carbons (Fsp3) is 0.571. The first-order valence-electron chi connectivity index (χ1n) is 3.33. The molecule has 0 saturated heterocycles. The van der Waals surface area contributed by atoms with E-state index in [-0.39, 0.29) is 12.3 Å². The van der Waals surface area contributed by atoms with Crippen molar-refractivity contribution in [3.8, 4) is 12.3 Å². The van der Waals surface area contributed by atoms with Gasteiger partial charge in [0.05, 0.1) is 12.6 Å². The number of rotatable bonds is 4. The Labute approximate surface area is 66.0 Å². The third kappa shape index (κ3) is 4.37. The summed E-state index contributed by atoms with van der Waals surface area (Å²) >= 11 is 0. The van der Waals surface area contributed by atoms with Crippen molar-refractivity contribution in [3.63, 3.8) is 0 Å². The SMILES string of the molecule is C#CCC(N)C(=O)NOCC. The van der Waals surface area contributed by atoms with Crippen molar-refractivity contribution < 1.29 is 9.63 Å². The molecule has 1 unspecified atom stereocenters. The number of nitrogens with two attached hydrogens (primary N) is 1. The van der Waals surface area contributed by atoms with Gasteiger partial charge in [0.25, 0.3) is 5.91 Å². The Morgan fingerprint density at radius 3 is 3.00 bits per heavy atom. The Bertz CT molecular complexity index is 162. The number of carbonyl (C=O) groups excluding carboxylic acids is 1. The van der Waals surface area contributed by atoms with Crippen molar-refractivity contribution in [1.29, 1.82) is 0 Å². The van der Waals surface area contributed by atoms with Gasteiger partial charge in [0.15, 0.2) is 0 Å². The van der Waals surface area contributed by atoms with Gasteiger partial charge in [0.2, 0.25) is 0 Å². The van der Waals surface area contributed by atoms with E-state index < -0.39 is 6.04 Å². The smallest absolute Gasteiger partial charge is 0.261 e. The molecule has 0 aliphatic rings. The van der Waals surface area contributed by atoms with Gasteiger partial charge in [0, 0.05) is 6.42 Å². The van der Waals surface area contributed by atoms with Gasteiger partial charge in [-0.2, -0.15) is 0 Å². The lowest BCUT2D eigenvalue weighted by Gasteiger charge is -2.07. The highest BCUT2D eigenvalue weighted by atomic mass is 16.6. The highest BCUT2D eigenvalue weighted by Crippen LogP contribution is 1.84. The highest BCUT2D eigenvalue weighted by Gasteiger charge is 2.10. The van der Waals surface area contributed by atoms with Crippen LogP contribution in [0.3, 0.4) is 0 Å². The highest BCUT2D eigenvalue weighted by molar-refractivity contribution is 5.80. The number of hydroxylamine groups is 1. The van der Waals surface area contributed by atoms with Gasteiger partial charge in [-0.3, -0.25) is 9.63 Å². The standard InChI is InChI=1S/C7H12N2O2/c1-3-5-6(8)7(10)9-11-4-2/h1,6H,4-5,8H2,2H3,(H,9,10). The number of carbonyl (C=O) groups is 1. The summed E-state index contributed by atoms with van der Waals surface area (Å²) in [5, 5.41) is 0. The molecule has 0 aliphatic heterocycles. The van der Waals surface area contributed by atoms with Crippen molar-refractivity contribution in [2.45, 2.75) is 19.4 Å². The minimum atomic E-state index is -0.674. The molecular weight excluding hydrogens is 144 g/mol. The van der Waals surface area contributed by atoms with Gasteiger partial charge in [-0.05, 0) is 6.92 Å². The Morgan fingerprint density at radius 2 is 2.55 bits per heavy atom. The number of amides is 1. The van der Waals surface area contributed by atoms with Crippen LogP contribution in [0.15, 0.2) is 0 Å². The summed E-state index contributed by atoms with van der Waals surface area (Å²) in [6, 6.07) is -0.674. The van der Waals surface area contributed by atoms with E-state index in [0.717, 1.165) is 0 Å². The Balaban J connectivity index is 3.57. The van der Waals surface area contributed by atoms with Gasteiger partial charge in [-0.25, -0.2) is 5.48 Å². The molecule has 0 spiro atoms. The maximum atomic E-state index is 10.8. The average molecular weight is 156 g/mol. The van der Waals surface area contributed by atoms with E-state index in [1.54, 1.807) is 6.92 Å². The number of nitrogens with one attached hydrogen (secondary N) is 1. The molecule has 0 aromatic rings. The van der Waals surface area contributed by atoms with Crippen LogP contribution in [0.5, 0.6) is 0 Å². The molecule has 0 rings (SSSR count). The summed E-state index contributed by atoms with van der Waals surface area (Å²) in [7, 11) is 0. The van der Waals surface area contributed by atoms with Crippen LogP contribution < -0.4 is 11.2 Å². The third-order valence-corrected chi connectivity index (χ3v) is 0.992. The van der Waals surface area contributed by atoms with Crippen LogP contribution in [0.2, 0.25) is 0 Å². The fourth-order valence-electron chi connectivity index (χ4n) is 0.439. The van der Waals surface area contributed by atoms with E-state index in [9.17, 15) is 4.79 Å². The Kier molecular flexibility index (Phi) is 5.17. The Hall–Kier alpha value is -1.05. The van der Waals surface area contributed by atoms with E-state index in [2.05, 4.69) is 16.2 Å². The summed E-state index contributed by atoms with van der Waals surface area (Å²) in [6.45, 7) is 2.17. The van der Waals surface area contributed by atoms with Crippen molar-refractivity contribution in [2.24, 2.45) is 5.73 Å². The van der Waals surface area contributed by atoms with E-state index in [1.165, 1.54) is 0 Å². The quantitative estimate of drug-likeness (QED) is 0.422. The fourth-order valence-corrected chi connectivity index (χ4v) is 0.439. The average Bonchev–Trinajstić information content (AvgIpc) is 2.00. The molecule has 0 radical (unpaired) electrons. The lowest BCUT2D eigenvalue weighted by Crippen LogP contribution is -2.40. The normalized spacial score (nSPS) is 11.7. The van der Waals surface area contributed by atoms with Crippen LogP contribution >= 0.6 is 0 Å². The lowest BCUT2D eigenvalue weighted by molar-refractivity contribution is -0.134. The molecule has 4 heteroatoms. The zero-order valence-corrected chi connectivity index (χ0v) is 6.46. The molecule has 0 aromatic carbocycles. The van der Waals surface area contributed by atoms with E-state index in [4.69, 9.17) is 12.2 Å². The molecule has 1 atom stereocenters. The molecule has 0 bridgehead atoms. The molecular formula is C7H12N2O2. The summed E-state index contributed by atoms with van der Waals surface area (Å²) < 4.78 is 0. The summed E-state index contributed by atoms with van der Waals surface area (Å²) in [5.74, 6) is 1.90. The van der Waals surface area contributed by atoms with Crippen LogP contribution in [0.4, 0.5) is 0 Å². The zero-order chi connectivity index (χ0) is 8.69. The molecule has 0 aromatic heterocycles. The topological polar surface area (TPSA) is 64.4 Å². The molecule has 11 heavy (non-hydrogen) atoms. The second-order valence-electron chi connectivity index (χ2n) is 1.91. The minimum absolute atomic E-state index is 0.221. The first kappa shape index (κ1) is 9.95. The van der Waals surface area contributed by atoms with Crippen molar-refractivity contribution in [1.82, 2.24) is 5.48 Å². The van der Waals surface area contributed by atoms with Crippen LogP contribution in [0, 0.1) is 12.3 Å². The second-order valence-corrected chi connectivity index (χ2v) is 1.91. The predicted octanol–water partition coefficient (Wildman–Crippen LogP) is -0.595. The largest absolute Gasteiger partial charge is 0.319 e. The van der Waals surface area contributed by atoms with Gasteiger partial charge < -0.3 is 5.73 Å². The molecule has 1 amide bonds. The number of hydrogen-bond donors (Lipinski definition) is 2. The van der Waals surface area contributed by atoms with Crippen molar-refractivity contribution >= 4 is 5.91 Å². The molecule has 0 fully saturated rings. The molecule has 0 heterocycles. The van der Waals surface area contributed by atoms with Gasteiger partial charge in [-0.15, -0.1) is 12.3 Å². The number of terminal acetylenes is 1. The van der Waals surface area contributed by atoms with Crippen LogP contribution in [0.1, 0.15) is 13.3 Å². The molecule has 3 N–H and O–H groups in total. The van der Waals surface area contributed by atoms with Crippen LogP contribution in [-0.2, 0) is 9.63 Å². The molecule has 0 saturated carbocycles. The second kappa shape index (κ2) is 5.71. The third-order valence-electron chi connectivity index (χ3n) is 0.992. The summed E-state index contributed by atoms with van der Waals surface area (Å²) in [4.78, 5) is 15.4. The van der Waals surface area contributed by atoms with E-state index in [0.29, 0.717) is 6.61 Å². The first-order chi connectivity index (χ1) is 5.22. The summed E-state index contributed by atoms with van der Waals surface area (Å²) in [6.07, 6.45) is 5.17. The lowest BCUT2D eigenvalue weighted by atomic mass is 10.2. The van der Waals surface area contributed by atoms with E-state index >= 15 is 0 Å². The van der Waals surface area contributed by atoms with Gasteiger partial charge in [0.1, 0.15) is 0 Å². The van der Waals surface area contributed by atoms with Crippen molar-refractivity contribution in [2.75, 3.05) is 6.61 Å². The molecule has 62 valence electrons. The summed E-state index contributed by atoms with van der Waals surface area (Å²) in [5.41, 5.74) is 7.49. The predicted molar refractivity (Wildman–Crippen MR) is 41.2 cm³/mol. The van der Waals surface area contributed by atoms with Gasteiger partial charge in [-0.1, -0.05) is 0 Å². The number of hydrogen-bond acceptors (Lipinski definition) is 3. The maximum Gasteiger partial charge on any atom is 0.261 e. The van der Waals surface area contributed by atoms with Crippen LogP contribution in [0.25, 0.3) is 0 Å². The van der Waals surface area contributed by atoms with Crippen LogP contribution in [-0.4, -0.2) is 18.6 Å². The maximum absolute atomic E-state index is 10.8. The zero-order valence-electron chi connectivity index (χ0n) is 6.46. The van der Waals surface area contributed by atoms with Crippen molar-refractivity contribution in [3.05, 3.63) is 0 Å². The minimum Gasteiger partial charge on any atom is -0.319 e. The molecule has 4 nitrogen and oxygen atoms in total.